The molecule has 1 aromatic carbocycles. The lowest BCUT2D eigenvalue weighted by atomic mass is 10.1. The number of rotatable bonds is 6. The van der Waals surface area contributed by atoms with Gasteiger partial charge in [-0.2, -0.15) is 4.98 Å². The first-order valence-corrected chi connectivity index (χ1v) is 11.4. The lowest BCUT2D eigenvalue weighted by Crippen LogP contribution is -2.48. The first kappa shape index (κ1) is 22.0. The number of ether oxygens (including phenoxy) is 1. The van der Waals surface area contributed by atoms with Gasteiger partial charge < -0.3 is 21.1 Å². The summed E-state index contributed by atoms with van der Waals surface area (Å²) in [6, 6.07) is 9.13. The van der Waals surface area contributed by atoms with Crippen molar-refractivity contribution in [2.75, 3.05) is 18.9 Å². The molecule has 0 saturated carbocycles. The van der Waals surface area contributed by atoms with Gasteiger partial charge in [0.25, 0.3) is 11.8 Å². The minimum absolute atomic E-state index is 0.0454. The molecule has 0 aliphatic carbocycles. The maximum Gasteiger partial charge on any atom is 0.261 e. The van der Waals surface area contributed by atoms with Crippen molar-refractivity contribution < 1.29 is 18.7 Å². The van der Waals surface area contributed by atoms with Crippen LogP contribution in [0, 0.1) is 5.82 Å². The molecule has 0 bridgehead atoms. The van der Waals surface area contributed by atoms with Crippen LogP contribution in [0.2, 0.25) is 0 Å². The van der Waals surface area contributed by atoms with Crippen LogP contribution in [-0.2, 0) is 4.74 Å². The monoisotopic (exact) mass is 480 g/mol. The summed E-state index contributed by atoms with van der Waals surface area (Å²) >= 11 is 1.28. The van der Waals surface area contributed by atoms with E-state index >= 15 is 0 Å². The number of amides is 2. The van der Waals surface area contributed by atoms with Gasteiger partial charge in [0, 0.05) is 11.8 Å². The summed E-state index contributed by atoms with van der Waals surface area (Å²) in [6.45, 7) is 2.77. The van der Waals surface area contributed by atoms with E-state index in [0.29, 0.717) is 34.9 Å². The van der Waals surface area contributed by atoms with Crippen molar-refractivity contribution in [3.63, 3.8) is 0 Å². The Bertz CT molecular complexity index is 1380. The quantitative estimate of drug-likeness (QED) is 0.390. The van der Waals surface area contributed by atoms with E-state index in [-0.39, 0.29) is 35.7 Å². The van der Waals surface area contributed by atoms with Crippen molar-refractivity contribution in [3.05, 3.63) is 69.8 Å². The highest BCUT2D eigenvalue weighted by Crippen LogP contribution is 2.28. The van der Waals surface area contributed by atoms with Crippen LogP contribution in [0.15, 0.2) is 48.0 Å². The maximum absolute atomic E-state index is 13.2. The van der Waals surface area contributed by atoms with Crippen molar-refractivity contribution >= 4 is 34.7 Å². The number of hydrogen-bond donors (Lipinski definition) is 3. The summed E-state index contributed by atoms with van der Waals surface area (Å²) in [6.07, 6.45) is 1.72. The Labute approximate surface area is 197 Å². The lowest BCUT2D eigenvalue weighted by Gasteiger charge is -2.26. The number of anilines is 1. The van der Waals surface area contributed by atoms with Crippen LogP contribution in [0.1, 0.15) is 38.6 Å². The highest BCUT2D eigenvalue weighted by molar-refractivity contribution is 7.12. The van der Waals surface area contributed by atoms with Crippen molar-refractivity contribution in [2.24, 2.45) is 0 Å². The second-order valence-corrected chi connectivity index (χ2v) is 8.95. The smallest absolute Gasteiger partial charge is 0.261 e. The Hall–Kier alpha value is -3.83. The fourth-order valence-electron chi connectivity index (χ4n) is 3.62. The fourth-order valence-corrected chi connectivity index (χ4v) is 4.44. The van der Waals surface area contributed by atoms with Crippen LogP contribution in [0.3, 0.4) is 0 Å². The first-order chi connectivity index (χ1) is 16.4. The number of nitrogen functional groups attached to an aromatic ring is 1. The van der Waals surface area contributed by atoms with Crippen LogP contribution >= 0.6 is 11.3 Å². The molecule has 34 heavy (non-hydrogen) atoms. The second-order valence-electron chi connectivity index (χ2n) is 8.03. The molecule has 4 heterocycles. The first-order valence-electron chi connectivity index (χ1n) is 10.6. The molecule has 1 fully saturated rings. The highest BCUT2D eigenvalue weighted by atomic mass is 32.1. The molecule has 174 valence electrons. The number of nitrogens with one attached hydrogen (secondary N) is 2. The number of nitrogens with zero attached hydrogens (tertiary/aromatic N) is 3. The van der Waals surface area contributed by atoms with E-state index in [0.717, 1.165) is 11.1 Å². The molecule has 1 aliphatic rings. The molecule has 0 radical (unpaired) electrons. The SMILES string of the molecule is C[C@H](NC(=O)c1cc(-c2cc(C(=O)NC3COC3)c3nc(N)nn3c2)cs1)c1ccc(F)cc1. The minimum atomic E-state index is -0.328. The Kier molecular flexibility index (Phi) is 5.72. The van der Waals surface area contributed by atoms with Gasteiger partial charge in [0.1, 0.15) is 5.82 Å². The summed E-state index contributed by atoms with van der Waals surface area (Å²) in [7, 11) is 0. The molecule has 1 atom stereocenters. The van der Waals surface area contributed by atoms with E-state index in [1.54, 1.807) is 30.5 Å². The molecule has 2 amide bonds. The molecule has 11 heteroatoms. The van der Waals surface area contributed by atoms with Crippen molar-refractivity contribution in [1.29, 1.82) is 0 Å². The number of fused-ring (bicyclic) bond motifs is 1. The van der Waals surface area contributed by atoms with Gasteiger partial charge in [0.2, 0.25) is 5.95 Å². The molecule has 0 spiro atoms. The van der Waals surface area contributed by atoms with Gasteiger partial charge in [-0.25, -0.2) is 8.91 Å². The fraction of sp³-hybridized carbons (Fsp3) is 0.217. The van der Waals surface area contributed by atoms with Crippen LogP contribution in [0.5, 0.6) is 0 Å². The zero-order valence-electron chi connectivity index (χ0n) is 18.1. The van der Waals surface area contributed by atoms with E-state index in [1.165, 1.54) is 28.0 Å². The summed E-state index contributed by atoms with van der Waals surface area (Å²) < 4.78 is 19.8. The van der Waals surface area contributed by atoms with Gasteiger partial charge >= 0.3 is 0 Å². The molecule has 0 unspecified atom stereocenters. The number of thiophene rings is 1. The van der Waals surface area contributed by atoms with Crippen LogP contribution in [0.25, 0.3) is 16.8 Å². The second kappa shape index (κ2) is 8.84. The molecule has 4 aromatic rings. The molecular weight excluding hydrogens is 459 g/mol. The van der Waals surface area contributed by atoms with Crippen LogP contribution < -0.4 is 16.4 Å². The molecule has 1 saturated heterocycles. The van der Waals surface area contributed by atoms with Gasteiger partial charge in [-0.3, -0.25) is 9.59 Å². The van der Waals surface area contributed by atoms with Crippen molar-refractivity contribution in [3.8, 4) is 11.1 Å². The van der Waals surface area contributed by atoms with Gasteiger partial charge in [-0.05, 0) is 47.7 Å². The molecule has 5 rings (SSSR count). The van der Waals surface area contributed by atoms with E-state index in [1.807, 2.05) is 12.3 Å². The third-order valence-electron chi connectivity index (χ3n) is 5.54. The number of aromatic nitrogens is 3. The van der Waals surface area contributed by atoms with E-state index in [2.05, 4.69) is 20.7 Å². The summed E-state index contributed by atoms with van der Waals surface area (Å²) in [4.78, 5) is 30.3. The van der Waals surface area contributed by atoms with Crippen molar-refractivity contribution in [2.45, 2.75) is 19.0 Å². The molecule has 1 aliphatic heterocycles. The summed E-state index contributed by atoms with van der Waals surface area (Å²) in [5, 5.41) is 11.8. The zero-order chi connectivity index (χ0) is 23.8. The molecule has 9 nitrogen and oxygen atoms in total. The Morgan fingerprint density at radius 1 is 1.21 bits per heavy atom. The maximum atomic E-state index is 13.2. The van der Waals surface area contributed by atoms with Gasteiger partial charge in [0.05, 0.1) is 35.7 Å². The number of halogens is 1. The highest BCUT2D eigenvalue weighted by Gasteiger charge is 2.24. The Morgan fingerprint density at radius 2 is 1.97 bits per heavy atom. The number of carbonyl (C=O) groups excluding carboxylic acids is 2. The Balaban J connectivity index is 1.40. The van der Waals surface area contributed by atoms with Crippen LogP contribution in [-0.4, -0.2) is 45.7 Å². The van der Waals surface area contributed by atoms with Crippen LogP contribution in [0.4, 0.5) is 10.3 Å². The average molecular weight is 481 g/mol. The number of hydrogen-bond acceptors (Lipinski definition) is 7. The number of pyridine rings is 1. The van der Waals surface area contributed by atoms with Gasteiger partial charge in [-0.1, -0.05) is 12.1 Å². The number of benzene rings is 1. The summed E-state index contributed by atoms with van der Waals surface area (Å²) in [5.41, 5.74) is 8.68. The molecule has 3 aromatic heterocycles. The minimum Gasteiger partial charge on any atom is -0.377 e. The molecular formula is C23H21FN6O3S. The normalized spacial score (nSPS) is 14.5. The predicted octanol–water partition coefficient (Wildman–Crippen LogP) is 2.80. The van der Waals surface area contributed by atoms with Gasteiger partial charge in [0.15, 0.2) is 5.65 Å². The lowest BCUT2D eigenvalue weighted by molar-refractivity contribution is -0.00344. The largest absolute Gasteiger partial charge is 0.377 e. The number of carbonyl (C=O) groups is 2. The number of nitrogens with two attached hydrogens (primary N) is 1. The van der Waals surface area contributed by atoms with Gasteiger partial charge in [-0.15, -0.1) is 16.4 Å². The molecule has 4 N–H and O–H groups in total. The topological polar surface area (TPSA) is 124 Å². The van der Waals surface area contributed by atoms with E-state index in [9.17, 15) is 14.0 Å². The summed E-state index contributed by atoms with van der Waals surface area (Å²) in [5.74, 6) is -0.820. The zero-order valence-corrected chi connectivity index (χ0v) is 18.9. The predicted molar refractivity (Wildman–Crippen MR) is 125 cm³/mol. The average Bonchev–Trinajstić information content (AvgIpc) is 3.42. The standard InChI is InChI=1S/C23H21FN6O3S/c1-12(13-2-4-16(24)5-3-13)26-22(32)19-7-15(11-34-19)14-6-18(21(31)27-17-9-33-10-17)20-28-23(25)29-30(20)8-14/h2-8,11-12,17H,9-10H2,1H3,(H2,25,29)(H,26,32)(H,27,31)/t12-/m0/s1. The van der Waals surface area contributed by atoms with E-state index in [4.69, 9.17) is 10.5 Å². The third kappa shape index (κ3) is 4.35. The van der Waals surface area contributed by atoms with Crippen molar-refractivity contribution in [1.82, 2.24) is 25.2 Å². The Morgan fingerprint density at radius 3 is 2.68 bits per heavy atom. The van der Waals surface area contributed by atoms with E-state index < -0.39 is 0 Å². The third-order valence-corrected chi connectivity index (χ3v) is 6.47.